The van der Waals surface area contributed by atoms with Crippen molar-refractivity contribution in [1.82, 2.24) is 4.57 Å². The topological polar surface area (TPSA) is 14.7 Å². The van der Waals surface area contributed by atoms with Gasteiger partial charge < -0.3 is 19.3 Å². The Hall–Kier alpha value is -10.9. The fourth-order valence-electron chi connectivity index (χ4n) is 14.9. The second kappa shape index (κ2) is 20.9. The molecule has 3 heterocycles. The Labute approximate surface area is 533 Å². The highest BCUT2D eigenvalue weighted by atomic mass is 15.2. The fraction of sp³-hybridized carbons (Fsp3) is 0.0930. The molecule has 0 aliphatic carbocycles. The summed E-state index contributed by atoms with van der Waals surface area (Å²) in [5.41, 5.74) is 24.4. The molecule has 2 aliphatic heterocycles. The molecular formula is C86H67BN4. The molecule has 2 aliphatic rings. The second-order valence-electron chi connectivity index (χ2n) is 26.9. The van der Waals surface area contributed by atoms with E-state index in [1.165, 1.54) is 104 Å². The third kappa shape index (κ3) is 8.89. The van der Waals surface area contributed by atoms with Crippen molar-refractivity contribution in [1.29, 1.82) is 0 Å². The van der Waals surface area contributed by atoms with E-state index in [1.54, 1.807) is 0 Å². The summed E-state index contributed by atoms with van der Waals surface area (Å²) in [7, 11) is 0. The van der Waals surface area contributed by atoms with Crippen LogP contribution in [0.3, 0.4) is 0 Å². The van der Waals surface area contributed by atoms with Crippen molar-refractivity contribution in [3.63, 3.8) is 0 Å². The monoisotopic (exact) mass is 1170 g/mol. The molecule has 0 radical (unpaired) electrons. The minimum Gasteiger partial charge on any atom is -0.311 e. The third-order valence-electron chi connectivity index (χ3n) is 19.4. The van der Waals surface area contributed by atoms with E-state index in [1.807, 2.05) is 0 Å². The predicted octanol–water partition coefficient (Wildman–Crippen LogP) is 21.7. The van der Waals surface area contributed by atoms with E-state index in [9.17, 15) is 0 Å². The SMILES string of the molecule is CC(C)(C)c1ccc(N(c2ccc(C(C)(C)C)cc2)c2cc3c4c(c2)N(c2ccc5c6ccccc6c6ccccc6c5c2)c2cc(-n5c6ccccc6c6ccccc65)ccc2B4c2cc(-c4ccccc4)ccc2N3c2ccc(-c3ccccc3)cc2)cc1. The van der Waals surface area contributed by atoms with Gasteiger partial charge in [0.25, 0.3) is 6.71 Å². The maximum Gasteiger partial charge on any atom is 0.252 e. The number of fused-ring (bicyclic) bond motifs is 13. The van der Waals surface area contributed by atoms with E-state index >= 15 is 0 Å². The van der Waals surface area contributed by atoms with Crippen molar-refractivity contribution in [2.75, 3.05) is 14.7 Å². The number of nitrogens with zero attached hydrogens (tertiary/aromatic N) is 4. The molecule has 0 saturated carbocycles. The first-order chi connectivity index (χ1) is 44.4. The molecule has 0 amide bonds. The molecule has 14 aromatic carbocycles. The van der Waals surface area contributed by atoms with Crippen molar-refractivity contribution >= 4 is 128 Å². The highest BCUT2D eigenvalue weighted by Crippen LogP contribution is 2.51. The van der Waals surface area contributed by atoms with Gasteiger partial charge in [-0.2, -0.15) is 0 Å². The Kier molecular flexibility index (Phi) is 12.5. The van der Waals surface area contributed by atoms with Gasteiger partial charge in [-0.1, -0.05) is 248 Å². The first-order valence-corrected chi connectivity index (χ1v) is 32.0. The zero-order valence-corrected chi connectivity index (χ0v) is 52.2. The number of anilines is 9. The van der Waals surface area contributed by atoms with Gasteiger partial charge in [0, 0.05) is 62.0 Å². The van der Waals surface area contributed by atoms with Crippen LogP contribution in [0.15, 0.2) is 297 Å². The van der Waals surface area contributed by atoms with Crippen LogP contribution in [0.2, 0.25) is 0 Å². The summed E-state index contributed by atoms with van der Waals surface area (Å²) in [6.07, 6.45) is 0. The summed E-state index contributed by atoms with van der Waals surface area (Å²) in [6.45, 7) is 13.6. The van der Waals surface area contributed by atoms with Gasteiger partial charge in [-0.3, -0.25) is 0 Å². The average Bonchev–Trinajstić information content (AvgIpc) is 0.933. The molecule has 4 nitrogen and oxygen atoms in total. The van der Waals surface area contributed by atoms with Gasteiger partial charge >= 0.3 is 0 Å². The second-order valence-corrected chi connectivity index (χ2v) is 26.9. The van der Waals surface area contributed by atoms with Gasteiger partial charge in [0.15, 0.2) is 0 Å². The molecule has 434 valence electrons. The summed E-state index contributed by atoms with van der Waals surface area (Å²) < 4.78 is 2.48. The number of para-hydroxylation sites is 2. The first-order valence-electron chi connectivity index (χ1n) is 32.0. The van der Waals surface area contributed by atoms with E-state index in [0.717, 1.165) is 56.9 Å². The number of aromatic nitrogens is 1. The molecule has 0 saturated heterocycles. The molecule has 5 heteroatoms. The molecule has 17 rings (SSSR count). The molecule has 0 bridgehead atoms. The van der Waals surface area contributed by atoms with Crippen molar-refractivity contribution in [3.8, 4) is 27.9 Å². The van der Waals surface area contributed by atoms with Gasteiger partial charge in [-0.05, 0) is 184 Å². The molecule has 0 atom stereocenters. The van der Waals surface area contributed by atoms with Crippen LogP contribution in [0, 0.1) is 0 Å². The van der Waals surface area contributed by atoms with E-state index in [0.29, 0.717) is 0 Å². The van der Waals surface area contributed by atoms with Crippen LogP contribution in [0.25, 0.3) is 82.1 Å². The zero-order valence-electron chi connectivity index (χ0n) is 52.2. The predicted molar refractivity (Wildman–Crippen MR) is 390 cm³/mol. The number of rotatable bonds is 8. The van der Waals surface area contributed by atoms with Gasteiger partial charge in [-0.25, -0.2) is 0 Å². The Balaban J connectivity index is 1.01. The molecule has 0 fully saturated rings. The van der Waals surface area contributed by atoms with Gasteiger partial charge in [0.2, 0.25) is 0 Å². The molecule has 0 spiro atoms. The lowest BCUT2D eigenvalue weighted by molar-refractivity contribution is 0.590. The van der Waals surface area contributed by atoms with Gasteiger partial charge in [-0.15, -0.1) is 0 Å². The number of hydrogen-bond acceptors (Lipinski definition) is 3. The number of hydrogen-bond donors (Lipinski definition) is 0. The van der Waals surface area contributed by atoms with Crippen molar-refractivity contribution in [2.24, 2.45) is 0 Å². The van der Waals surface area contributed by atoms with Crippen molar-refractivity contribution in [2.45, 2.75) is 52.4 Å². The molecule has 15 aromatic rings. The lowest BCUT2D eigenvalue weighted by Gasteiger charge is -2.45. The Bertz CT molecular complexity index is 5220. The maximum atomic E-state index is 2.63. The standard InChI is InChI=1S/C86H67BN4/c1-85(2,3)60-36-42-62(43-37-60)88(63-44-38-61(39-45-63)86(4,5)6)67-54-82-84-83(55-67)91(65-46-48-72-70-27-14-13-25-68(70)69-26-15-16-28-71(69)75(72)52-65)81-53-66(90-78-31-19-17-29-73(78)74-30-18-20-32-79(74)90)47-49-76(81)87(84)77-51-59(57-23-11-8-12-24-57)35-50-80(77)89(82)64-40-33-58(34-41-64)56-21-9-7-10-22-56/h7-55H,1-6H3. The molecule has 91 heavy (non-hydrogen) atoms. The average molecular weight is 1170 g/mol. The highest BCUT2D eigenvalue weighted by Gasteiger charge is 2.45. The Morgan fingerprint density at radius 1 is 0.275 bits per heavy atom. The van der Waals surface area contributed by atoms with E-state index in [2.05, 4.69) is 358 Å². The van der Waals surface area contributed by atoms with Crippen LogP contribution in [0.4, 0.5) is 51.2 Å². The summed E-state index contributed by atoms with van der Waals surface area (Å²) in [5, 5.41) is 9.92. The van der Waals surface area contributed by atoms with Crippen LogP contribution < -0.4 is 31.1 Å². The third-order valence-corrected chi connectivity index (χ3v) is 19.4. The molecular weight excluding hydrogens is 1100 g/mol. The van der Waals surface area contributed by atoms with Crippen molar-refractivity contribution < 1.29 is 0 Å². The Morgan fingerprint density at radius 2 is 0.703 bits per heavy atom. The van der Waals surface area contributed by atoms with Crippen LogP contribution in [-0.4, -0.2) is 11.3 Å². The first kappa shape index (κ1) is 54.3. The van der Waals surface area contributed by atoms with E-state index < -0.39 is 0 Å². The molecule has 1 aromatic heterocycles. The van der Waals surface area contributed by atoms with E-state index in [4.69, 9.17) is 0 Å². The zero-order chi connectivity index (χ0) is 61.3. The van der Waals surface area contributed by atoms with Crippen molar-refractivity contribution in [3.05, 3.63) is 308 Å². The fourth-order valence-corrected chi connectivity index (χ4v) is 14.9. The van der Waals surface area contributed by atoms with Crippen LogP contribution >= 0.6 is 0 Å². The highest BCUT2D eigenvalue weighted by molar-refractivity contribution is 7.00. The van der Waals surface area contributed by atoms with E-state index in [-0.39, 0.29) is 17.5 Å². The minimum atomic E-state index is -0.174. The summed E-state index contributed by atoms with van der Waals surface area (Å²) >= 11 is 0. The minimum absolute atomic E-state index is 0.0313. The van der Waals surface area contributed by atoms with Crippen LogP contribution in [0.5, 0.6) is 0 Å². The smallest absolute Gasteiger partial charge is 0.252 e. The summed E-state index contributed by atoms with van der Waals surface area (Å²) in [4.78, 5) is 7.69. The van der Waals surface area contributed by atoms with Gasteiger partial charge in [0.05, 0.1) is 16.7 Å². The summed E-state index contributed by atoms with van der Waals surface area (Å²) in [6, 6.07) is 112. The maximum absolute atomic E-state index is 2.63. The Morgan fingerprint density at radius 3 is 1.24 bits per heavy atom. The summed E-state index contributed by atoms with van der Waals surface area (Å²) in [5.74, 6) is 0. The lowest BCUT2D eigenvalue weighted by atomic mass is 9.33. The molecule has 0 unspecified atom stereocenters. The number of benzene rings is 14. The normalized spacial score (nSPS) is 12.9. The lowest BCUT2D eigenvalue weighted by Crippen LogP contribution is -2.61. The quantitative estimate of drug-likeness (QED) is 0.111. The largest absolute Gasteiger partial charge is 0.311 e. The molecule has 0 N–H and O–H groups in total. The van der Waals surface area contributed by atoms with Crippen LogP contribution in [0.1, 0.15) is 52.7 Å². The van der Waals surface area contributed by atoms with Gasteiger partial charge in [0.1, 0.15) is 0 Å². The van der Waals surface area contributed by atoms with Crippen LogP contribution in [-0.2, 0) is 10.8 Å².